The quantitative estimate of drug-likeness (QED) is 0.844. The fourth-order valence-corrected chi connectivity index (χ4v) is 4.50. The molecule has 0 unspecified atom stereocenters. The lowest BCUT2D eigenvalue weighted by Crippen LogP contribution is -2.47. The number of hydrogen-bond donors (Lipinski definition) is 1. The van der Waals surface area contributed by atoms with Gasteiger partial charge in [-0.2, -0.15) is 0 Å². The van der Waals surface area contributed by atoms with E-state index in [1.165, 1.54) is 0 Å². The maximum Gasteiger partial charge on any atom is 0.253 e. The molecule has 4 rings (SSSR count). The zero-order valence-electron chi connectivity index (χ0n) is 17.7. The largest absolute Gasteiger partial charge is 0.370 e. The molecule has 2 saturated heterocycles. The third-order valence-corrected chi connectivity index (χ3v) is 6.57. The van der Waals surface area contributed by atoms with Gasteiger partial charge in [0.15, 0.2) is 0 Å². The van der Waals surface area contributed by atoms with Gasteiger partial charge in [0.25, 0.3) is 11.8 Å². The summed E-state index contributed by atoms with van der Waals surface area (Å²) < 4.78 is 6.40. The van der Waals surface area contributed by atoms with Gasteiger partial charge in [0, 0.05) is 43.2 Å². The van der Waals surface area contributed by atoms with Crippen LogP contribution in [0.2, 0.25) is 0 Å². The summed E-state index contributed by atoms with van der Waals surface area (Å²) in [5.74, 6) is 0.0149. The normalized spacial score (nSPS) is 20.3. The van der Waals surface area contributed by atoms with Gasteiger partial charge in [0.05, 0.1) is 11.7 Å². The minimum Gasteiger partial charge on any atom is -0.370 e. The summed E-state index contributed by atoms with van der Waals surface area (Å²) in [7, 11) is 0. The fraction of sp³-hybridized carbons (Fsp3) is 0.458. The van der Waals surface area contributed by atoms with Crippen molar-refractivity contribution in [1.82, 2.24) is 15.2 Å². The van der Waals surface area contributed by atoms with Crippen LogP contribution in [0.15, 0.2) is 42.7 Å². The Morgan fingerprint density at radius 3 is 2.60 bits per heavy atom. The smallest absolute Gasteiger partial charge is 0.253 e. The molecular weight excluding hydrogens is 378 g/mol. The maximum atomic E-state index is 12.6. The number of aryl methyl sites for hydroxylation is 1. The topological polar surface area (TPSA) is 71.5 Å². The predicted octanol–water partition coefficient (Wildman–Crippen LogP) is 3.28. The average Bonchev–Trinajstić information content (AvgIpc) is 3.17. The number of hydrogen-bond acceptors (Lipinski definition) is 4. The van der Waals surface area contributed by atoms with Crippen molar-refractivity contribution in [2.24, 2.45) is 0 Å². The number of aromatic nitrogens is 1. The summed E-state index contributed by atoms with van der Waals surface area (Å²) in [4.78, 5) is 31.1. The zero-order valence-corrected chi connectivity index (χ0v) is 17.7. The standard InChI is InChI=1S/C24H29N3O3/c1-17-4-3-5-21(18(17)2)22(28)26-16-20-6-9-24(30-20)10-14-27(15-11-24)23(29)19-7-12-25-13-8-19/h3-5,7-8,12-13,20H,6,9-11,14-16H2,1-2H3,(H,26,28)/t20-/m1/s1. The molecule has 158 valence electrons. The molecule has 2 aliphatic rings. The third kappa shape index (κ3) is 4.24. The van der Waals surface area contributed by atoms with E-state index in [1.54, 1.807) is 24.5 Å². The number of piperidine rings is 1. The summed E-state index contributed by atoms with van der Waals surface area (Å²) >= 11 is 0. The molecule has 2 aliphatic heterocycles. The first-order valence-corrected chi connectivity index (χ1v) is 10.7. The fourth-order valence-electron chi connectivity index (χ4n) is 4.50. The average molecular weight is 408 g/mol. The monoisotopic (exact) mass is 407 g/mol. The lowest BCUT2D eigenvalue weighted by molar-refractivity contribution is -0.0712. The molecule has 1 aromatic heterocycles. The highest BCUT2D eigenvalue weighted by molar-refractivity contribution is 5.96. The van der Waals surface area contributed by atoms with Gasteiger partial charge in [-0.25, -0.2) is 0 Å². The molecule has 1 N–H and O–H groups in total. The number of likely N-dealkylation sites (tertiary alicyclic amines) is 1. The van der Waals surface area contributed by atoms with E-state index in [1.807, 2.05) is 36.9 Å². The van der Waals surface area contributed by atoms with Crippen molar-refractivity contribution >= 4 is 11.8 Å². The number of nitrogens with one attached hydrogen (secondary N) is 1. The second kappa shape index (κ2) is 8.56. The number of carbonyl (C=O) groups is 2. The molecule has 1 spiro atoms. The molecule has 0 saturated carbocycles. The lowest BCUT2D eigenvalue weighted by atomic mass is 9.88. The highest BCUT2D eigenvalue weighted by Crippen LogP contribution is 2.39. The van der Waals surface area contributed by atoms with Crippen LogP contribution in [0.4, 0.5) is 0 Å². The van der Waals surface area contributed by atoms with Crippen LogP contribution in [0.5, 0.6) is 0 Å². The molecule has 6 nitrogen and oxygen atoms in total. The Kier molecular flexibility index (Phi) is 5.86. The Bertz CT molecular complexity index is 921. The van der Waals surface area contributed by atoms with E-state index < -0.39 is 0 Å². The summed E-state index contributed by atoms with van der Waals surface area (Å²) in [5, 5.41) is 3.05. The van der Waals surface area contributed by atoms with Crippen molar-refractivity contribution in [2.45, 2.75) is 51.2 Å². The van der Waals surface area contributed by atoms with Crippen molar-refractivity contribution < 1.29 is 14.3 Å². The van der Waals surface area contributed by atoms with E-state index in [9.17, 15) is 9.59 Å². The van der Waals surface area contributed by atoms with E-state index >= 15 is 0 Å². The van der Waals surface area contributed by atoms with E-state index in [0.29, 0.717) is 25.2 Å². The van der Waals surface area contributed by atoms with Crippen LogP contribution < -0.4 is 5.32 Å². The molecule has 30 heavy (non-hydrogen) atoms. The summed E-state index contributed by atoms with van der Waals surface area (Å²) in [6, 6.07) is 9.31. The Morgan fingerprint density at radius 2 is 1.87 bits per heavy atom. The summed E-state index contributed by atoms with van der Waals surface area (Å²) in [6.45, 7) is 5.91. The van der Waals surface area contributed by atoms with Crippen LogP contribution in [0.25, 0.3) is 0 Å². The number of benzene rings is 1. The zero-order chi connectivity index (χ0) is 21.1. The van der Waals surface area contributed by atoms with Crippen molar-refractivity contribution in [3.8, 4) is 0 Å². The van der Waals surface area contributed by atoms with Gasteiger partial charge in [0.2, 0.25) is 0 Å². The van der Waals surface area contributed by atoms with Gasteiger partial charge in [-0.1, -0.05) is 12.1 Å². The molecule has 2 amide bonds. The van der Waals surface area contributed by atoms with Crippen molar-refractivity contribution in [3.05, 3.63) is 65.0 Å². The van der Waals surface area contributed by atoms with Crippen molar-refractivity contribution in [3.63, 3.8) is 0 Å². The maximum absolute atomic E-state index is 12.6. The number of amides is 2. The third-order valence-electron chi connectivity index (χ3n) is 6.57. The minimum absolute atomic E-state index is 0.0292. The minimum atomic E-state index is -0.163. The number of pyridine rings is 1. The van der Waals surface area contributed by atoms with E-state index in [2.05, 4.69) is 10.3 Å². The van der Waals surface area contributed by atoms with E-state index in [-0.39, 0.29) is 23.5 Å². The summed E-state index contributed by atoms with van der Waals surface area (Å²) in [6.07, 6.45) is 6.92. The number of ether oxygens (including phenoxy) is 1. The van der Waals surface area contributed by atoms with Crippen LogP contribution in [-0.2, 0) is 4.74 Å². The molecular formula is C24H29N3O3. The van der Waals surface area contributed by atoms with Crippen LogP contribution in [0.1, 0.15) is 57.5 Å². The Balaban J connectivity index is 1.28. The number of rotatable bonds is 4. The van der Waals surface area contributed by atoms with Crippen molar-refractivity contribution in [1.29, 1.82) is 0 Å². The lowest BCUT2D eigenvalue weighted by Gasteiger charge is -2.39. The van der Waals surface area contributed by atoms with Gasteiger partial charge in [-0.3, -0.25) is 14.6 Å². The number of carbonyl (C=O) groups excluding carboxylic acids is 2. The first-order chi connectivity index (χ1) is 14.5. The van der Waals surface area contributed by atoms with Crippen LogP contribution >= 0.6 is 0 Å². The van der Waals surface area contributed by atoms with Crippen LogP contribution in [0, 0.1) is 13.8 Å². The molecule has 6 heteroatoms. The Hall–Kier alpha value is -2.73. The van der Waals surface area contributed by atoms with Gasteiger partial charge >= 0.3 is 0 Å². The highest BCUT2D eigenvalue weighted by Gasteiger charge is 2.43. The van der Waals surface area contributed by atoms with E-state index in [0.717, 1.165) is 42.4 Å². The molecule has 0 bridgehead atoms. The molecule has 2 aromatic rings. The van der Waals surface area contributed by atoms with Gasteiger partial charge in [0.1, 0.15) is 0 Å². The van der Waals surface area contributed by atoms with Gasteiger partial charge < -0.3 is 15.0 Å². The Labute approximate surface area is 177 Å². The van der Waals surface area contributed by atoms with E-state index in [4.69, 9.17) is 4.74 Å². The van der Waals surface area contributed by atoms with Crippen molar-refractivity contribution in [2.75, 3.05) is 19.6 Å². The highest BCUT2D eigenvalue weighted by atomic mass is 16.5. The number of nitrogens with zero attached hydrogens (tertiary/aromatic N) is 2. The SMILES string of the molecule is Cc1cccc(C(=O)NC[C@H]2CCC3(CCN(C(=O)c4ccncc4)CC3)O2)c1C. The van der Waals surface area contributed by atoms with Crippen LogP contribution in [-0.4, -0.2) is 53.0 Å². The van der Waals surface area contributed by atoms with Gasteiger partial charge in [-0.05, 0) is 68.9 Å². The molecule has 2 fully saturated rings. The summed E-state index contributed by atoms with van der Waals surface area (Å²) in [5.41, 5.74) is 3.38. The predicted molar refractivity (Wildman–Crippen MR) is 114 cm³/mol. The Morgan fingerprint density at radius 1 is 1.13 bits per heavy atom. The molecule has 0 aliphatic carbocycles. The molecule has 3 heterocycles. The molecule has 0 radical (unpaired) electrons. The second-order valence-electron chi connectivity index (χ2n) is 8.45. The molecule has 1 aromatic carbocycles. The second-order valence-corrected chi connectivity index (χ2v) is 8.45. The first-order valence-electron chi connectivity index (χ1n) is 10.7. The molecule has 1 atom stereocenters. The van der Waals surface area contributed by atoms with Crippen LogP contribution in [0.3, 0.4) is 0 Å². The first kappa shape index (κ1) is 20.5. The van der Waals surface area contributed by atoms with Gasteiger partial charge in [-0.15, -0.1) is 0 Å².